The van der Waals surface area contributed by atoms with Gasteiger partial charge in [-0.3, -0.25) is 4.79 Å². The number of benzene rings is 2. The molecular weight excluding hydrogens is 321 g/mol. The lowest BCUT2D eigenvalue weighted by Gasteiger charge is -2.15. The second kappa shape index (κ2) is 4.86. The Labute approximate surface area is 135 Å². The van der Waals surface area contributed by atoms with E-state index in [-0.39, 0.29) is 5.78 Å². The summed E-state index contributed by atoms with van der Waals surface area (Å²) in [5.41, 5.74) is -1.37. The van der Waals surface area contributed by atoms with E-state index in [2.05, 4.69) is 11.8 Å². The van der Waals surface area contributed by atoms with Crippen molar-refractivity contribution in [2.45, 2.75) is 18.1 Å². The van der Waals surface area contributed by atoms with Crippen molar-refractivity contribution < 1.29 is 27.4 Å². The molecule has 2 aliphatic heterocycles. The summed E-state index contributed by atoms with van der Waals surface area (Å²) in [6, 6.07) is 11.1. The second-order valence-electron chi connectivity index (χ2n) is 5.45. The number of epoxide rings is 1. The maximum Gasteiger partial charge on any atom is 0.416 e. The van der Waals surface area contributed by atoms with Crippen LogP contribution in [0, 0.1) is 11.8 Å². The van der Waals surface area contributed by atoms with Crippen LogP contribution in [0.4, 0.5) is 13.2 Å². The molecule has 0 saturated carbocycles. The smallest absolute Gasteiger partial charge is 0.416 e. The molecule has 0 amide bonds. The molecule has 2 atom stereocenters. The van der Waals surface area contributed by atoms with Gasteiger partial charge in [0.2, 0.25) is 5.78 Å². The van der Waals surface area contributed by atoms with Gasteiger partial charge in [-0.05, 0) is 42.3 Å². The highest BCUT2D eigenvalue weighted by Crippen LogP contribution is 2.46. The largest absolute Gasteiger partial charge is 0.459 e. The molecule has 0 N–H and O–H groups in total. The van der Waals surface area contributed by atoms with Crippen molar-refractivity contribution in [3.8, 4) is 17.6 Å². The van der Waals surface area contributed by atoms with Gasteiger partial charge in [-0.25, -0.2) is 0 Å². The zero-order valence-electron chi connectivity index (χ0n) is 12.1. The van der Waals surface area contributed by atoms with Crippen LogP contribution in [0.5, 0.6) is 5.75 Å². The lowest BCUT2D eigenvalue weighted by Crippen LogP contribution is -2.32. The summed E-state index contributed by atoms with van der Waals surface area (Å²) in [7, 11) is 0. The third-order valence-electron chi connectivity index (χ3n) is 3.88. The van der Waals surface area contributed by atoms with Gasteiger partial charge in [-0.1, -0.05) is 18.1 Å². The number of ether oxygens (including phenoxy) is 2. The highest BCUT2D eigenvalue weighted by atomic mass is 19.4. The van der Waals surface area contributed by atoms with Crippen LogP contribution in [-0.2, 0) is 10.9 Å². The number of rotatable bonds is 0. The quantitative estimate of drug-likeness (QED) is 0.549. The topological polar surface area (TPSA) is 38.8 Å². The molecule has 0 aliphatic carbocycles. The number of alkyl halides is 3. The molecule has 2 aromatic carbocycles. The first-order valence-corrected chi connectivity index (χ1v) is 7.09. The number of Topliss-reactive ketones (excluding diaryl/α,β-unsaturated/α-hetero) is 1. The molecule has 3 nitrogen and oxygen atoms in total. The van der Waals surface area contributed by atoms with Crippen LogP contribution in [0.2, 0.25) is 0 Å². The minimum atomic E-state index is -4.40. The Morgan fingerprint density at radius 3 is 2.46 bits per heavy atom. The lowest BCUT2D eigenvalue weighted by atomic mass is 9.94. The van der Waals surface area contributed by atoms with Crippen LogP contribution in [0.3, 0.4) is 0 Å². The average molecular weight is 330 g/mol. The Bertz CT molecular complexity index is 890. The number of halogens is 3. The molecule has 0 bridgehead atoms. The summed E-state index contributed by atoms with van der Waals surface area (Å²) in [6.45, 7) is 0. The monoisotopic (exact) mass is 330 g/mol. The maximum absolute atomic E-state index is 12.5. The van der Waals surface area contributed by atoms with Crippen molar-refractivity contribution in [1.82, 2.24) is 0 Å². The third-order valence-corrected chi connectivity index (χ3v) is 3.88. The Morgan fingerprint density at radius 1 is 1.04 bits per heavy atom. The summed E-state index contributed by atoms with van der Waals surface area (Å²) >= 11 is 0. The number of carbonyl (C=O) groups is 1. The van der Waals surface area contributed by atoms with Crippen molar-refractivity contribution >= 4 is 5.78 Å². The average Bonchev–Trinajstić information content (AvgIpc) is 3.28. The SMILES string of the molecule is O=C1c2ccccc2OC2OC12C#Cc1ccc(C(F)(F)F)cc1. The van der Waals surface area contributed by atoms with Gasteiger partial charge < -0.3 is 9.47 Å². The standard InChI is InChI=1S/C18H9F3O3/c19-18(20,21)12-7-5-11(6-8-12)9-10-17-15(22)13-3-1-2-4-14(13)23-16(17)24-17/h1-8,16H. The first kappa shape index (κ1) is 14.8. The zero-order valence-corrected chi connectivity index (χ0v) is 12.1. The van der Waals surface area contributed by atoms with E-state index in [1.54, 1.807) is 24.3 Å². The number of hydrogen-bond donors (Lipinski definition) is 0. The number of ketones is 1. The fourth-order valence-electron chi connectivity index (χ4n) is 2.53. The van der Waals surface area contributed by atoms with Crippen LogP contribution >= 0.6 is 0 Å². The van der Waals surface area contributed by atoms with Crippen molar-refractivity contribution in [3.63, 3.8) is 0 Å². The van der Waals surface area contributed by atoms with Crippen molar-refractivity contribution in [1.29, 1.82) is 0 Å². The van der Waals surface area contributed by atoms with Crippen LogP contribution in [0.1, 0.15) is 21.5 Å². The summed E-state index contributed by atoms with van der Waals surface area (Å²) in [4.78, 5) is 12.5. The molecule has 0 aromatic heterocycles. The Kier molecular flexibility index (Phi) is 2.99. The number of carbonyl (C=O) groups excluding carboxylic acids is 1. The zero-order chi connectivity index (χ0) is 16.9. The van der Waals surface area contributed by atoms with Crippen LogP contribution < -0.4 is 4.74 Å². The molecule has 1 fully saturated rings. The van der Waals surface area contributed by atoms with E-state index >= 15 is 0 Å². The van der Waals surface area contributed by atoms with Gasteiger partial charge in [0.1, 0.15) is 5.75 Å². The van der Waals surface area contributed by atoms with Crippen molar-refractivity contribution in [2.75, 3.05) is 0 Å². The van der Waals surface area contributed by atoms with E-state index in [1.807, 2.05) is 0 Å². The Hall–Kier alpha value is -2.78. The third kappa shape index (κ3) is 2.25. The molecule has 0 spiro atoms. The second-order valence-corrected chi connectivity index (χ2v) is 5.45. The van der Waals surface area contributed by atoms with Crippen LogP contribution in [0.25, 0.3) is 0 Å². The van der Waals surface area contributed by atoms with Gasteiger partial charge in [0.25, 0.3) is 11.9 Å². The van der Waals surface area contributed by atoms with Gasteiger partial charge in [-0.2, -0.15) is 13.2 Å². The van der Waals surface area contributed by atoms with E-state index < -0.39 is 23.6 Å². The predicted molar refractivity (Wildman–Crippen MR) is 77.3 cm³/mol. The predicted octanol–water partition coefficient (Wildman–Crippen LogP) is 3.43. The molecule has 2 aliphatic rings. The summed E-state index contributed by atoms with van der Waals surface area (Å²) in [5.74, 6) is 5.55. The number of hydrogen-bond acceptors (Lipinski definition) is 3. The van der Waals surface area contributed by atoms with E-state index in [0.717, 1.165) is 12.1 Å². The van der Waals surface area contributed by atoms with E-state index in [1.165, 1.54) is 12.1 Å². The molecule has 120 valence electrons. The normalized spacial score (nSPS) is 24.1. The molecular formula is C18H9F3O3. The first-order valence-electron chi connectivity index (χ1n) is 7.09. The summed E-state index contributed by atoms with van der Waals surface area (Å²) < 4.78 is 48.5. The van der Waals surface area contributed by atoms with Crippen molar-refractivity contribution in [3.05, 3.63) is 65.2 Å². The van der Waals surface area contributed by atoms with Crippen LogP contribution in [0.15, 0.2) is 48.5 Å². The highest BCUT2D eigenvalue weighted by molar-refractivity contribution is 6.10. The molecule has 6 heteroatoms. The Morgan fingerprint density at radius 2 is 1.75 bits per heavy atom. The van der Waals surface area contributed by atoms with E-state index in [4.69, 9.17) is 9.47 Å². The molecule has 2 unspecified atom stereocenters. The first-order chi connectivity index (χ1) is 11.4. The molecule has 24 heavy (non-hydrogen) atoms. The van der Waals surface area contributed by atoms with Crippen LogP contribution in [-0.4, -0.2) is 17.7 Å². The molecule has 2 heterocycles. The van der Waals surface area contributed by atoms with Gasteiger partial charge >= 0.3 is 6.18 Å². The summed E-state index contributed by atoms with van der Waals surface area (Å²) in [6.07, 6.45) is -5.17. The number of para-hydroxylation sites is 1. The fourth-order valence-corrected chi connectivity index (χ4v) is 2.53. The maximum atomic E-state index is 12.5. The van der Waals surface area contributed by atoms with E-state index in [0.29, 0.717) is 16.9 Å². The highest BCUT2D eigenvalue weighted by Gasteiger charge is 2.67. The molecule has 0 radical (unpaired) electrons. The lowest BCUT2D eigenvalue weighted by molar-refractivity contribution is -0.137. The van der Waals surface area contributed by atoms with Crippen molar-refractivity contribution in [2.24, 2.45) is 0 Å². The molecule has 4 rings (SSSR count). The van der Waals surface area contributed by atoms with E-state index in [9.17, 15) is 18.0 Å². The minimum Gasteiger partial charge on any atom is -0.459 e. The minimum absolute atomic E-state index is 0.297. The van der Waals surface area contributed by atoms with Gasteiger partial charge in [-0.15, -0.1) is 0 Å². The fraction of sp³-hybridized carbons (Fsp3) is 0.167. The van der Waals surface area contributed by atoms with Gasteiger partial charge in [0, 0.05) is 5.56 Å². The van der Waals surface area contributed by atoms with Gasteiger partial charge in [0.15, 0.2) is 0 Å². The van der Waals surface area contributed by atoms with Gasteiger partial charge in [0.05, 0.1) is 11.1 Å². The molecule has 2 aromatic rings. The number of fused-ring (bicyclic) bond motifs is 2. The summed E-state index contributed by atoms with van der Waals surface area (Å²) in [5, 5.41) is 0. The molecule has 1 saturated heterocycles. The Balaban J connectivity index is 1.62.